The summed E-state index contributed by atoms with van der Waals surface area (Å²) in [5.41, 5.74) is 6.58. The van der Waals surface area contributed by atoms with Gasteiger partial charge in [-0.15, -0.1) is 11.3 Å². The molecule has 1 amide bonds. The lowest BCUT2D eigenvalue weighted by Crippen LogP contribution is -2.35. The highest BCUT2D eigenvalue weighted by Gasteiger charge is 2.31. The molecule has 2 N–H and O–H groups in total. The van der Waals surface area contributed by atoms with E-state index in [4.69, 9.17) is 19.8 Å². The van der Waals surface area contributed by atoms with Gasteiger partial charge in [0.15, 0.2) is 0 Å². The van der Waals surface area contributed by atoms with Gasteiger partial charge in [0.2, 0.25) is 5.91 Å². The second-order valence-electron chi connectivity index (χ2n) is 12.3. The number of hydrogen-bond acceptors (Lipinski definition) is 8. The summed E-state index contributed by atoms with van der Waals surface area (Å²) in [6.45, 7) is 5.39. The zero-order valence-corrected chi connectivity index (χ0v) is 28.8. The molecule has 51 heavy (non-hydrogen) atoms. The Hall–Kier alpha value is -5.46. The summed E-state index contributed by atoms with van der Waals surface area (Å²) < 4.78 is 39.1. The lowest BCUT2D eigenvalue weighted by atomic mass is 9.85. The largest absolute Gasteiger partial charge is 0.493 e. The van der Waals surface area contributed by atoms with Crippen molar-refractivity contribution in [3.05, 3.63) is 124 Å². The van der Waals surface area contributed by atoms with Gasteiger partial charge >= 0.3 is 0 Å². The first-order valence-electron chi connectivity index (χ1n) is 16.6. The SMILES string of the molecule is C=CC(=O)N1CCc2ncc(C3CCOc4cc(F)cc(F)c4-c4c3nc(/C=C/c3cnn(C)c3/C=C/NC/C=C/CO)c3ccsc43)cc2C1. The smallest absolute Gasteiger partial charge is 0.246 e. The van der Waals surface area contributed by atoms with Gasteiger partial charge in [-0.05, 0) is 65.6 Å². The highest BCUT2D eigenvalue weighted by atomic mass is 32.1. The summed E-state index contributed by atoms with van der Waals surface area (Å²) in [5, 5.41) is 19.3. The van der Waals surface area contributed by atoms with Crippen LogP contribution in [0.4, 0.5) is 8.78 Å². The third-order valence-electron chi connectivity index (χ3n) is 9.18. The van der Waals surface area contributed by atoms with Crippen LogP contribution < -0.4 is 10.1 Å². The van der Waals surface area contributed by atoms with E-state index in [-0.39, 0.29) is 36.4 Å². The number of hydrogen-bond donors (Lipinski definition) is 2. The molecule has 1 unspecified atom stereocenters. The van der Waals surface area contributed by atoms with Crippen LogP contribution in [0.15, 0.2) is 73.0 Å². The molecule has 0 radical (unpaired) electrons. The number of halogens is 2. The van der Waals surface area contributed by atoms with Crippen LogP contribution in [0, 0.1) is 11.6 Å². The Morgan fingerprint density at radius 1 is 1.18 bits per heavy atom. The van der Waals surface area contributed by atoms with E-state index in [0.717, 1.165) is 44.2 Å². The maximum absolute atomic E-state index is 15.9. The zero-order chi connectivity index (χ0) is 35.5. The fraction of sp³-hybridized carbons (Fsp3) is 0.231. The number of ether oxygens (including phenoxy) is 1. The van der Waals surface area contributed by atoms with Crippen molar-refractivity contribution in [2.75, 3.05) is 26.3 Å². The Kier molecular flexibility index (Phi) is 9.87. The van der Waals surface area contributed by atoms with Gasteiger partial charge in [-0.1, -0.05) is 18.7 Å². The third-order valence-corrected chi connectivity index (χ3v) is 10.1. The molecule has 6 heterocycles. The van der Waals surface area contributed by atoms with Gasteiger partial charge in [-0.25, -0.2) is 8.78 Å². The van der Waals surface area contributed by atoms with Crippen LogP contribution in [0.2, 0.25) is 0 Å². The number of thiophene rings is 1. The molecular weight excluding hydrogens is 671 g/mol. The maximum Gasteiger partial charge on any atom is 0.246 e. The summed E-state index contributed by atoms with van der Waals surface area (Å²) in [5.74, 6) is -1.77. The lowest BCUT2D eigenvalue weighted by Gasteiger charge is -2.29. The Bertz CT molecular complexity index is 2220. The van der Waals surface area contributed by atoms with Crippen molar-refractivity contribution in [3.63, 3.8) is 0 Å². The third kappa shape index (κ3) is 6.84. The Labute approximate surface area is 297 Å². The number of carbonyl (C=O) groups is 1. The molecule has 1 aromatic carbocycles. The molecule has 2 aliphatic rings. The molecule has 0 saturated carbocycles. The minimum atomic E-state index is -0.721. The Morgan fingerprint density at radius 2 is 2.06 bits per heavy atom. The number of benzene rings is 1. The number of aromatic nitrogens is 4. The van der Waals surface area contributed by atoms with Gasteiger partial charge in [0.1, 0.15) is 17.4 Å². The topological polar surface area (TPSA) is 105 Å². The fourth-order valence-corrected chi connectivity index (χ4v) is 7.66. The minimum Gasteiger partial charge on any atom is -0.493 e. The normalized spacial score (nSPS) is 15.8. The molecule has 0 fully saturated rings. The first-order valence-corrected chi connectivity index (χ1v) is 17.5. The fourth-order valence-electron chi connectivity index (χ4n) is 6.69. The van der Waals surface area contributed by atoms with Crippen molar-refractivity contribution >= 4 is 45.6 Å². The number of aliphatic hydroxyl groups is 1. The molecule has 260 valence electrons. The number of aryl methyl sites for hydroxylation is 1. The average molecular weight is 707 g/mol. The van der Waals surface area contributed by atoms with Crippen molar-refractivity contribution in [3.8, 4) is 16.9 Å². The monoisotopic (exact) mass is 706 g/mol. The first-order chi connectivity index (χ1) is 24.9. The van der Waals surface area contributed by atoms with E-state index >= 15 is 4.39 Å². The Morgan fingerprint density at radius 3 is 2.90 bits per heavy atom. The van der Waals surface area contributed by atoms with E-state index < -0.39 is 11.6 Å². The summed E-state index contributed by atoms with van der Waals surface area (Å²) >= 11 is 1.47. The molecule has 0 spiro atoms. The molecular formula is C39H36F2N6O3S. The molecule has 0 bridgehead atoms. The molecule has 0 saturated heterocycles. The lowest BCUT2D eigenvalue weighted by molar-refractivity contribution is -0.126. The quantitative estimate of drug-likeness (QED) is 0.101. The van der Waals surface area contributed by atoms with Gasteiger partial charge in [-0.2, -0.15) is 5.10 Å². The van der Waals surface area contributed by atoms with Crippen molar-refractivity contribution in [2.45, 2.75) is 25.3 Å². The maximum atomic E-state index is 15.9. The number of pyridine rings is 2. The number of fused-ring (bicyclic) bond motifs is 6. The number of amides is 1. The van der Waals surface area contributed by atoms with Gasteiger partial charge in [0.05, 0.1) is 42.1 Å². The van der Waals surface area contributed by atoms with E-state index in [9.17, 15) is 9.18 Å². The number of nitrogens with zero attached hydrogens (tertiary/aromatic N) is 5. The van der Waals surface area contributed by atoms with Crippen LogP contribution >= 0.6 is 11.3 Å². The highest BCUT2D eigenvalue weighted by Crippen LogP contribution is 2.47. The van der Waals surface area contributed by atoms with Crippen LogP contribution in [-0.4, -0.2) is 62.0 Å². The Balaban J connectivity index is 1.35. The number of carbonyl (C=O) groups excluding carboxylic acids is 1. The van der Waals surface area contributed by atoms with E-state index in [1.54, 1.807) is 21.9 Å². The highest BCUT2D eigenvalue weighted by molar-refractivity contribution is 7.17. The second kappa shape index (κ2) is 14.8. The molecule has 9 nitrogen and oxygen atoms in total. The summed E-state index contributed by atoms with van der Waals surface area (Å²) in [4.78, 5) is 24.3. The van der Waals surface area contributed by atoms with E-state index in [1.165, 1.54) is 23.5 Å². The zero-order valence-electron chi connectivity index (χ0n) is 28.0. The van der Waals surface area contributed by atoms with E-state index in [1.807, 2.05) is 55.2 Å². The molecule has 12 heteroatoms. The summed E-state index contributed by atoms with van der Waals surface area (Å²) in [6.07, 6.45) is 17.2. The summed E-state index contributed by atoms with van der Waals surface area (Å²) in [7, 11) is 1.87. The van der Waals surface area contributed by atoms with Crippen LogP contribution in [0.5, 0.6) is 5.75 Å². The first kappa shape index (κ1) is 34.0. The molecule has 1 atom stereocenters. The van der Waals surface area contributed by atoms with Crippen molar-refractivity contribution in [1.29, 1.82) is 0 Å². The summed E-state index contributed by atoms with van der Waals surface area (Å²) in [6, 6.07) is 6.15. The standard InChI is InChI=1S/C39H36F2N6O3S/c1-3-35(49)47-14-9-31-26(23-47)18-25(21-43-31)28-10-16-50-34-20-27(40)19-30(41)36(34)37-38(28)45-32(29-11-17-51-39(29)37)7-6-24-22-44-46(2)33(24)8-13-42-12-4-5-15-48/h3-8,11,13,17-22,28,42,48H,1,9-10,12,14-16,23H2,2H3/b5-4+,7-6+,13-8+. The van der Waals surface area contributed by atoms with Gasteiger partial charge in [0, 0.05) is 84.3 Å². The molecule has 0 aliphatic carbocycles. The van der Waals surface area contributed by atoms with Crippen molar-refractivity contribution in [1.82, 2.24) is 30.0 Å². The number of aliphatic hydroxyl groups excluding tert-OH is 1. The van der Waals surface area contributed by atoms with Crippen molar-refractivity contribution < 1.29 is 23.4 Å². The van der Waals surface area contributed by atoms with E-state index in [2.05, 4.69) is 23.1 Å². The molecule has 7 rings (SSSR count). The van der Waals surface area contributed by atoms with Crippen molar-refractivity contribution in [2.24, 2.45) is 7.05 Å². The van der Waals surface area contributed by atoms with E-state index in [0.29, 0.717) is 49.4 Å². The number of nitrogens with one attached hydrogen (secondary N) is 1. The number of rotatable bonds is 9. The molecule has 4 aromatic heterocycles. The minimum absolute atomic E-state index is 0.00800. The predicted octanol–water partition coefficient (Wildman–Crippen LogP) is 6.63. The second-order valence-corrected chi connectivity index (χ2v) is 13.2. The van der Waals surface area contributed by atoms with Gasteiger partial charge in [0.25, 0.3) is 0 Å². The predicted molar refractivity (Wildman–Crippen MR) is 196 cm³/mol. The van der Waals surface area contributed by atoms with Crippen LogP contribution in [-0.2, 0) is 24.8 Å². The van der Waals surface area contributed by atoms with Crippen LogP contribution in [0.25, 0.3) is 39.4 Å². The van der Waals surface area contributed by atoms with Crippen LogP contribution in [0.1, 0.15) is 51.8 Å². The van der Waals surface area contributed by atoms with Gasteiger partial charge in [-0.3, -0.25) is 19.4 Å². The van der Waals surface area contributed by atoms with Gasteiger partial charge < -0.3 is 20.1 Å². The molecule has 2 aliphatic heterocycles. The van der Waals surface area contributed by atoms with Crippen LogP contribution in [0.3, 0.4) is 0 Å². The molecule has 5 aromatic rings. The average Bonchev–Trinajstić information content (AvgIpc) is 3.75.